The van der Waals surface area contributed by atoms with Crippen LogP contribution in [0.1, 0.15) is 16.7 Å². The van der Waals surface area contributed by atoms with Gasteiger partial charge in [0.25, 0.3) is 0 Å². The molecule has 0 atom stereocenters. The van der Waals surface area contributed by atoms with E-state index in [9.17, 15) is 8.42 Å². The molecule has 2 aromatic carbocycles. The topological polar surface area (TPSA) is 37.4 Å². The molecule has 0 aromatic heterocycles. The molecule has 116 valence electrons. The average molecular weight is 315 g/mol. The maximum Gasteiger partial charge on any atom is 0.175 e. The van der Waals surface area contributed by atoms with Gasteiger partial charge >= 0.3 is 0 Å². The summed E-state index contributed by atoms with van der Waals surface area (Å²) < 4.78 is 23.0. The second-order valence-electron chi connectivity index (χ2n) is 6.16. The highest BCUT2D eigenvalue weighted by atomic mass is 32.2. The third-order valence-electron chi connectivity index (χ3n) is 4.44. The van der Waals surface area contributed by atoms with Crippen molar-refractivity contribution in [3.05, 3.63) is 65.2 Å². The average Bonchev–Trinajstić information content (AvgIpc) is 2.91. The Hall–Kier alpha value is -1.65. The minimum Gasteiger partial charge on any atom is -0.299 e. The fourth-order valence-corrected chi connectivity index (χ4v) is 3.74. The number of sulfone groups is 1. The minimum absolute atomic E-state index is 0.382. The number of hydrogen-bond donors (Lipinski definition) is 0. The highest BCUT2D eigenvalue weighted by Gasteiger charge is 2.24. The lowest BCUT2D eigenvalue weighted by atomic mass is 10.1. The number of benzene rings is 2. The summed E-state index contributed by atoms with van der Waals surface area (Å²) in [5, 5.41) is 0. The van der Waals surface area contributed by atoms with Crippen LogP contribution < -0.4 is 0 Å². The number of nitrogens with zero attached hydrogens (tertiary/aromatic N) is 1. The van der Waals surface area contributed by atoms with Gasteiger partial charge in [0.2, 0.25) is 0 Å². The van der Waals surface area contributed by atoms with E-state index in [0.29, 0.717) is 10.9 Å². The molecule has 0 saturated carbocycles. The highest BCUT2D eigenvalue weighted by molar-refractivity contribution is 7.90. The highest BCUT2D eigenvalue weighted by Crippen LogP contribution is 2.25. The third-order valence-corrected chi connectivity index (χ3v) is 5.56. The molecule has 0 unspecified atom stereocenters. The summed E-state index contributed by atoms with van der Waals surface area (Å²) in [7, 11) is -0.974. The Morgan fingerprint density at radius 1 is 1.00 bits per heavy atom. The summed E-state index contributed by atoms with van der Waals surface area (Å²) in [6, 6.07) is 16.4. The maximum absolute atomic E-state index is 11.5. The second-order valence-corrected chi connectivity index (χ2v) is 8.18. The molecule has 1 aliphatic carbocycles. The molecule has 0 amide bonds. The van der Waals surface area contributed by atoms with E-state index in [2.05, 4.69) is 36.2 Å². The SMILES string of the molecule is CN(Cc1ccc(S(C)(=O)=O)cc1)C1Cc2ccccc2C1. The van der Waals surface area contributed by atoms with Crippen LogP contribution in [-0.2, 0) is 29.2 Å². The molecule has 0 spiro atoms. The zero-order valence-corrected chi connectivity index (χ0v) is 13.8. The Bertz CT molecular complexity index is 741. The van der Waals surface area contributed by atoms with Gasteiger partial charge < -0.3 is 0 Å². The Balaban J connectivity index is 1.67. The van der Waals surface area contributed by atoms with E-state index in [0.717, 1.165) is 24.9 Å². The van der Waals surface area contributed by atoms with Crippen molar-refractivity contribution in [2.45, 2.75) is 30.3 Å². The van der Waals surface area contributed by atoms with E-state index in [1.807, 2.05) is 12.1 Å². The fraction of sp³-hybridized carbons (Fsp3) is 0.333. The molecule has 0 radical (unpaired) electrons. The molecular weight excluding hydrogens is 294 g/mol. The van der Waals surface area contributed by atoms with Crippen molar-refractivity contribution in [2.75, 3.05) is 13.3 Å². The molecular formula is C18H21NO2S. The Labute approximate surface area is 132 Å². The van der Waals surface area contributed by atoms with Crippen LogP contribution in [0.2, 0.25) is 0 Å². The molecule has 2 aromatic rings. The van der Waals surface area contributed by atoms with E-state index in [-0.39, 0.29) is 0 Å². The van der Waals surface area contributed by atoms with Crippen molar-refractivity contribution in [1.82, 2.24) is 4.90 Å². The van der Waals surface area contributed by atoms with Crippen LogP contribution in [0.3, 0.4) is 0 Å². The van der Waals surface area contributed by atoms with Gasteiger partial charge in [-0.05, 0) is 48.7 Å². The number of fused-ring (bicyclic) bond motifs is 1. The molecule has 0 aliphatic heterocycles. The first-order valence-electron chi connectivity index (χ1n) is 7.49. The van der Waals surface area contributed by atoms with Crippen molar-refractivity contribution in [3.8, 4) is 0 Å². The Morgan fingerprint density at radius 2 is 1.55 bits per heavy atom. The van der Waals surface area contributed by atoms with Crippen LogP contribution in [0, 0.1) is 0 Å². The monoisotopic (exact) mass is 315 g/mol. The molecule has 0 saturated heterocycles. The summed E-state index contributed by atoms with van der Waals surface area (Å²) >= 11 is 0. The van der Waals surface area contributed by atoms with E-state index in [1.165, 1.54) is 17.4 Å². The second kappa shape index (κ2) is 5.86. The van der Waals surface area contributed by atoms with Crippen LogP contribution in [-0.4, -0.2) is 32.7 Å². The van der Waals surface area contributed by atoms with Crippen molar-refractivity contribution in [1.29, 1.82) is 0 Å². The van der Waals surface area contributed by atoms with E-state index in [4.69, 9.17) is 0 Å². The molecule has 1 aliphatic rings. The lowest BCUT2D eigenvalue weighted by molar-refractivity contribution is 0.241. The molecule has 0 fully saturated rings. The predicted molar refractivity (Wildman–Crippen MR) is 88.7 cm³/mol. The van der Waals surface area contributed by atoms with Gasteiger partial charge in [0.15, 0.2) is 9.84 Å². The van der Waals surface area contributed by atoms with Crippen LogP contribution >= 0.6 is 0 Å². The lowest BCUT2D eigenvalue weighted by Gasteiger charge is -2.24. The quantitative estimate of drug-likeness (QED) is 0.870. The van der Waals surface area contributed by atoms with Gasteiger partial charge in [-0.25, -0.2) is 8.42 Å². The summed E-state index contributed by atoms with van der Waals surface area (Å²) in [5.41, 5.74) is 4.05. The van der Waals surface area contributed by atoms with E-state index < -0.39 is 9.84 Å². The molecule has 0 bridgehead atoms. The third kappa shape index (κ3) is 3.23. The minimum atomic E-state index is -3.11. The van der Waals surface area contributed by atoms with Gasteiger partial charge in [0, 0.05) is 18.8 Å². The van der Waals surface area contributed by atoms with Gasteiger partial charge in [0.05, 0.1) is 4.90 Å². The Morgan fingerprint density at radius 3 is 2.05 bits per heavy atom. The van der Waals surface area contributed by atoms with Crippen LogP contribution in [0.15, 0.2) is 53.4 Å². The molecule has 4 heteroatoms. The predicted octanol–water partition coefficient (Wildman–Crippen LogP) is 2.69. The molecule has 3 rings (SSSR count). The van der Waals surface area contributed by atoms with Crippen LogP contribution in [0.5, 0.6) is 0 Å². The summed E-state index contributed by atoms with van der Waals surface area (Å²) in [5.74, 6) is 0. The standard InChI is InChI=1S/C18H21NO2S/c1-19(17-11-15-5-3-4-6-16(15)12-17)13-14-7-9-18(10-8-14)22(2,20)21/h3-10,17H,11-13H2,1-2H3. The smallest absolute Gasteiger partial charge is 0.175 e. The summed E-state index contributed by atoms with van der Waals surface area (Å²) in [4.78, 5) is 2.74. The van der Waals surface area contributed by atoms with Crippen molar-refractivity contribution in [2.24, 2.45) is 0 Å². The van der Waals surface area contributed by atoms with Gasteiger partial charge in [-0.3, -0.25) is 4.90 Å². The summed E-state index contributed by atoms with van der Waals surface area (Å²) in [6.45, 7) is 0.836. The number of rotatable bonds is 4. The van der Waals surface area contributed by atoms with E-state index >= 15 is 0 Å². The van der Waals surface area contributed by atoms with Gasteiger partial charge in [-0.15, -0.1) is 0 Å². The fourth-order valence-electron chi connectivity index (χ4n) is 3.11. The van der Waals surface area contributed by atoms with Gasteiger partial charge in [-0.2, -0.15) is 0 Å². The number of hydrogen-bond acceptors (Lipinski definition) is 3. The zero-order chi connectivity index (χ0) is 15.7. The Kier molecular flexibility index (Phi) is 4.06. The normalized spacial score (nSPS) is 15.2. The summed E-state index contributed by atoms with van der Waals surface area (Å²) in [6.07, 6.45) is 3.42. The van der Waals surface area contributed by atoms with Gasteiger partial charge in [0.1, 0.15) is 0 Å². The molecule has 0 heterocycles. The largest absolute Gasteiger partial charge is 0.299 e. The van der Waals surface area contributed by atoms with Crippen molar-refractivity contribution >= 4 is 9.84 Å². The first-order valence-corrected chi connectivity index (χ1v) is 9.38. The van der Waals surface area contributed by atoms with Crippen molar-refractivity contribution < 1.29 is 8.42 Å². The first kappa shape index (κ1) is 15.3. The molecule has 0 N–H and O–H groups in total. The van der Waals surface area contributed by atoms with Crippen LogP contribution in [0.4, 0.5) is 0 Å². The maximum atomic E-state index is 11.5. The van der Waals surface area contributed by atoms with Crippen LogP contribution in [0.25, 0.3) is 0 Å². The van der Waals surface area contributed by atoms with Gasteiger partial charge in [-0.1, -0.05) is 36.4 Å². The zero-order valence-electron chi connectivity index (χ0n) is 13.0. The lowest BCUT2D eigenvalue weighted by Crippen LogP contribution is -2.31. The first-order chi connectivity index (χ1) is 10.4. The number of likely N-dealkylation sites (N-methyl/N-ethyl adjacent to an activating group) is 1. The van der Waals surface area contributed by atoms with E-state index in [1.54, 1.807) is 12.1 Å². The van der Waals surface area contributed by atoms with Crippen molar-refractivity contribution in [3.63, 3.8) is 0 Å². The molecule has 3 nitrogen and oxygen atoms in total. The molecule has 22 heavy (non-hydrogen) atoms.